The minimum absolute atomic E-state index is 1.12. The summed E-state index contributed by atoms with van der Waals surface area (Å²) in [6, 6.07) is 0. The SMILES string of the molecule is Nn1c[n+](N)cn1. The fourth-order valence-corrected chi connectivity index (χ4v) is 0.315. The highest BCUT2D eigenvalue weighted by Crippen LogP contribution is 1.55. The van der Waals surface area contributed by atoms with Crippen LogP contribution >= 0.6 is 0 Å². The molecule has 0 fully saturated rings. The van der Waals surface area contributed by atoms with Gasteiger partial charge in [0, 0.05) is 0 Å². The average Bonchev–Trinajstić information content (AvgIpc) is 1.87. The molecular weight excluding hydrogens is 94.1 g/mol. The van der Waals surface area contributed by atoms with Crippen LogP contribution in [0.3, 0.4) is 0 Å². The van der Waals surface area contributed by atoms with Crippen LogP contribution in [0.1, 0.15) is 0 Å². The second-order valence-electron chi connectivity index (χ2n) is 1.17. The molecule has 1 heterocycles. The van der Waals surface area contributed by atoms with E-state index in [9.17, 15) is 0 Å². The van der Waals surface area contributed by atoms with Crippen LogP contribution in [-0.2, 0) is 0 Å². The first kappa shape index (κ1) is 3.91. The van der Waals surface area contributed by atoms with Crippen LogP contribution in [-0.4, -0.2) is 9.89 Å². The van der Waals surface area contributed by atoms with Gasteiger partial charge >= 0.3 is 0 Å². The van der Waals surface area contributed by atoms with Gasteiger partial charge in [-0.3, -0.25) is 11.7 Å². The molecule has 0 saturated carbocycles. The highest BCUT2D eigenvalue weighted by atomic mass is 15.5. The Morgan fingerprint density at radius 3 is 2.57 bits per heavy atom. The largest absolute Gasteiger partial charge is 0.289 e. The lowest BCUT2D eigenvalue weighted by Crippen LogP contribution is -2.42. The molecule has 1 aromatic rings. The molecule has 7 heavy (non-hydrogen) atoms. The van der Waals surface area contributed by atoms with E-state index in [1.807, 2.05) is 0 Å². The molecule has 5 heteroatoms. The molecule has 4 N–H and O–H groups in total. The van der Waals surface area contributed by atoms with Crippen LogP contribution in [0.5, 0.6) is 0 Å². The summed E-state index contributed by atoms with van der Waals surface area (Å²) in [5.41, 5.74) is 0. The van der Waals surface area contributed by atoms with Crippen LogP contribution in [0.2, 0.25) is 0 Å². The number of rotatable bonds is 0. The van der Waals surface area contributed by atoms with Crippen molar-refractivity contribution in [2.45, 2.75) is 0 Å². The molecule has 0 aliphatic heterocycles. The fraction of sp³-hybridized carbons (Fsp3) is 0. The summed E-state index contributed by atoms with van der Waals surface area (Å²) in [5.74, 6) is 10.2. The molecule has 5 nitrogen and oxygen atoms in total. The molecule has 0 aliphatic rings. The Balaban J connectivity index is 3.04. The second-order valence-corrected chi connectivity index (χ2v) is 1.17. The first-order chi connectivity index (χ1) is 3.29. The molecule has 0 amide bonds. The molecule has 0 saturated heterocycles. The minimum atomic E-state index is 1.12. The van der Waals surface area contributed by atoms with E-state index < -0.39 is 0 Å². The van der Waals surface area contributed by atoms with Gasteiger partial charge in [0.2, 0.25) is 0 Å². The molecule has 0 aliphatic carbocycles. The quantitative estimate of drug-likeness (QED) is 0.282. The maximum Gasteiger partial charge on any atom is 0.289 e. The van der Waals surface area contributed by atoms with Crippen LogP contribution in [0.15, 0.2) is 12.7 Å². The Labute approximate surface area is 40.1 Å². The summed E-state index contributed by atoms with van der Waals surface area (Å²) in [4.78, 5) is 1.12. The third-order valence-electron chi connectivity index (χ3n) is 0.570. The van der Waals surface area contributed by atoms with Gasteiger partial charge in [-0.1, -0.05) is 0 Å². The maximum absolute atomic E-state index is 5.13. The van der Waals surface area contributed by atoms with Gasteiger partial charge in [-0.2, -0.15) is 0 Å². The Hall–Kier alpha value is -1.26. The van der Waals surface area contributed by atoms with Gasteiger partial charge in [-0.05, 0) is 4.79 Å². The van der Waals surface area contributed by atoms with Crippen molar-refractivity contribution in [3.05, 3.63) is 12.7 Å². The van der Waals surface area contributed by atoms with Crippen molar-refractivity contribution in [2.24, 2.45) is 0 Å². The number of nitrogen functional groups attached to an aromatic ring is 2. The summed E-state index contributed by atoms with van der Waals surface area (Å²) in [7, 11) is 0. The second kappa shape index (κ2) is 1.11. The van der Waals surface area contributed by atoms with Crippen molar-refractivity contribution in [1.29, 1.82) is 0 Å². The third-order valence-corrected chi connectivity index (χ3v) is 0.570. The van der Waals surface area contributed by atoms with Gasteiger partial charge in [0.15, 0.2) is 0 Å². The Morgan fingerprint density at radius 1 is 1.71 bits per heavy atom. The number of aromatic nitrogens is 3. The molecular formula is C2H6N5+. The molecule has 0 radical (unpaired) electrons. The van der Waals surface area contributed by atoms with E-state index in [4.69, 9.17) is 11.7 Å². The third kappa shape index (κ3) is 0.594. The van der Waals surface area contributed by atoms with Crippen molar-refractivity contribution in [2.75, 3.05) is 11.7 Å². The van der Waals surface area contributed by atoms with Gasteiger partial charge in [0.05, 0.1) is 5.10 Å². The zero-order chi connectivity index (χ0) is 5.28. The lowest BCUT2D eigenvalue weighted by atomic mass is 11.3. The molecule has 0 spiro atoms. The number of nitrogens with zero attached hydrogens (tertiary/aromatic N) is 3. The van der Waals surface area contributed by atoms with Gasteiger partial charge in [0.25, 0.3) is 12.7 Å². The van der Waals surface area contributed by atoms with E-state index in [0.29, 0.717) is 0 Å². The molecule has 0 unspecified atom stereocenters. The fourth-order valence-electron chi connectivity index (χ4n) is 0.315. The van der Waals surface area contributed by atoms with Gasteiger partial charge in [-0.25, -0.2) is 0 Å². The standard InChI is InChI=1S/C2H6N5/c3-6-1-5-7(4)2-6/h1-2H,3-4H2/q+1. The topological polar surface area (TPSA) is 73.7 Å². The zero-order valence-electron chi connectivity index (χ0n) is 3.65. The van der Waals surface area contributed by atoms with Crippen molar-refractivity contribution in [1.82, 2.24) is 9.89 Å². The lowest BCUT2D eigenvalue weighted by Gasteiger charge is -1.70. The molecule has 0 atom stereocenters. The maximum atomic E-state index is 5.13. The van der Waals surface area contributed by atoms with E-state index in [1.165, 1.54) is 17.3 Å². The smallest absolute Gasteiger partial charge is 0.289 e. The minimum Gasteiger partial charge on any atom is -0.289 e. The predicted molar refractivity (Wildman–Crippen MR) is 22.7 cm³/mol. The van der Waals surface area contributed by atoms with E-state index in [2.05, 4.69) is 5.10 Å². The number of nitrogens with two attached hydrogens (primary N) is 2. The van der Waals surface area contributed by atoms with E-state index >= 15 is 0 Å². The van der Waals surface area contributed by atoms with E-state index in [0.717, 1.165) is 4.79 Å². The summed E-state index contributed by atoms with van der Waals surface area (Å²) < 4.78 is 1.26. The van der Waals surface area contributed by atoms with E-state index in [-0.39, 0.29) is 0 Å². The summed E-state index contributed by atoms with van der Waals surface area (Å²) >= 11 is 0. The predicted octanol–water partition coefficient (Wildman–Crippen LogP) is -2.40. The normalized spacial score (nSPS) is 9.14. The highest BCUT2D eigenvalue weighted by Gasteiger charge is 1.92. The monoisotopic (exact) mass is 100 g/mol. The van der Waals surface area contributed by atoms with Crippen molar-refractivity contribution < 1.29 is 4.68 Å². The first-order valence-electron chi connectivity index (χ1n) is 1.75. The van der Waals surface area contributed by atoms with Crippen LogP contribution in [0, 0.1) is 0 Å². The number of hydrogen-bond acceptors (Lipinski definition) is 3. The summed E-state index contributed by atoms with van der Waals surface area (Å²) in [6.45, 7) is 0. The van der Waals surface area contributed by atoms with E-state index in [1.54, 1.807) is 0 Å². The molecule has 1 aromatic heterocycles. The molecule has 0 bridgehead atoms. The Morgan fingerprint density at radius 2 is 2.43 bits per heavy atom. The van der Waals surface area contributed by atoms with Crippen molar-refractivity contribution in [3.8, 4) is 0 Å². The van der Waals surface area contributed by atoms with Crippen molar-refractivity contribution in [3.63, 3.8) is 0 Å². The molecule has 0 aromatic carbocycles. The van der Waals surface area contributed by atoms with Gasteiger partial charge in [-0.15, -0.1) is 4.68 Å². The van der Waals surface area contributed by atoms with Crippen molar-refractivity contribution >= 4 is 0 Å². The molecule has 38 valence electrons. The average molecular weight is 100 g/mol. The number of hydrogen-bond donors (Lipinski definition) is 2. The molecule has 1 rings (SSSR count). The van der Waals surface area contributed by atoms with Gasteiger partial charge in [0.1, 0.15) is 0 Å². The van der Waals surface area contributed by atoms with Crippen LogP contribution in [0.25, 0.3) is 0 Å². The summed E-state index contributed by atoms with van der Waals surface area (Å²) in [6.07, 6.45) is 2.85. The zero-order valence-corrected chi connectivity index (χ0v) is 3.65. The van der Waals surface area contributed by atoms with Crippen LogP contribution in [0.4, 0.5) is 0 Å². The lowest BCUT2D eigenvalue weighted by molar-refractivity contribution is -0.639. The summed E-state index contributed by atoms with van der Waals surface area (Å²) in [5, 5.41) is 3.55. The highest BCUT2D eigenvalue weighted by molar-refractivity contribution is 4.38. The Bertz CT molecular complexity index is 138. The first-order valence-corrected chi connectivity index (χ1v) is 1.75. The van der Waals surface area contributed by atoms with Gasteiger partial charge < -0.3 is 0 Å². The van der Waals surface area contributed by atoms with Crippen LogP contribution < -0.4 is 16.4 Å². The Kier molecular flexibility index (Phi) is 0.619.